The van der Waals surface area contributed by atoms with Crippen molar-refractivity contribution in [3.05, 3.63) is 121 Å². The Kier molecular flexibility index (Phi) is 4.95. The maximum Gasteiger partial charge on any atom is 0.160 e. The molecule has 2 nitrogen and oxygen atoms in total. The standard InChI is InChI=1S/C34H26N2Si/c1-37(2)29-21-20-24-14-9-10-19-28(24)30(29)32-33(37)31(35-34(36-32)25-15-7-4-8-16-25)27-18-11-17-26(22-27)23-12-5-3-6-13-23/h3-22H,1-2H3. The van der Waals surface area contributed by atoms with Crippen LogP contribution in [-0.2, 0) is 0 Å². The van der Waals surface area contributed by atoms with Crippen molar-refractivity contribution in [2.45, 2.75) is 13.1 Å². The fourth-order valence-electron chi connectivity index (χ4n) is 5.82. The predicted octanol–water partition coefficient (Wildman–Crippen LogP) is 7.43. The van der Waals surface area contributed by atoms with Crippen molar-refractivity contribution in [2.24, 2.45) is 0 Å². The number of hydrogen-bond donors (Lipinski definition) is 0. The Bertz CT molecular complexity index is 1790. The van der Waals surface area contributed by atoms with Gasteiger partial charge in [-0.15, -0.1) is 0 Å². The van der Waals surface area contributed by atoms with Crippen molar-refractivity contribution in [2.75, 3.05) is 0 Å². The monoisotopic (exact) mass is 490 g/mol. The van der Waals surface area contributed by atoms with E-state index in [4.69, 9.17) is 9.97 Å². The molecule has 0 saturated heterocycles. The average Bonchev–Trinajstić information content (AvgIpc) is 3.20. The van der Waals surface area contributed by atoms with Gasteiger partial charge in [-0.2, -0.15) is 0 Å². The van der Waals surface area contributed by atoms with E-state index >= 15 is 0 Å². The molecular formula is C34H26N2Si. The van der Waals surface area contributed by atoms with E-state index < -0.39 is 8.07 Å². The first-order chi connectivity index (χ1) is 18.1. The van der Waals surface area contributed by atoms with Crippen LogP contribution < -0.4 is 10.4 Å². The van der Waals surface area contributed by atoms with Gasteiger partial charge in [-0.1, -0.05) is 128 Å². The highest BCUT2D eigenvalue weighted by molar-refractivity contribution is 7.04. The van der Waals surface area contributed by atoms with Gasteiger partial charge in [0.1, 0.15) is 8.07 Å². The third kappa shape index (κ3) is 3.46. The Balaban J connectivity index is 1.56. The van der Waals surface area contributed by atoms with Crippen LogP contribution in [-0.4, -0.2) is 18.0 Å². The van der Waals surface area contributed by atoms with E-state index in [9.17, 15) is 0 Å². The Morgan fingerprint density at radius 2 is 1.14 bits per heavy atom. The summed E-state index contributed by atoms with van der Waals surface area (Å²) in [7, 11) is -2.07. The van der Waals surface area contributed by atoms with E-state index in [1.807, 2.05) is 6.07 Å². The molecule has 7 rings (SSSR count). The maximum absolute atomic E-state index is 5.30. The molecule has 0 saturated carbocycles. The van der Waals surface area contributed by atoms with Crippen LogP contribution in [0.3, 0.4) is 0 Å². The Hall–Kier alpha value is -4.34. The highest BCUT2D eigenvalue weighted by Crippen LogP contribution is 2.37. The van der Waals surface area contributed by atoms with Crippen LogP contribution in [0.15, 0.2) is 121 Å². The smallest absolute Gasteiger partial charge is 0.160 e. The number of fused-ring (bicyclic) bond motifs is 5. The van der Waals surface area contributed by atoms with Gasteiger partial charge < -0.3 is 0 Å². The highest BCUT2D eigenvalue weighted by Gasteiger charge is 2.42. The molecule has 0 spiro atoms. The third-order valence-electron chi connectivity index (χ3n) is 7.65. The van der Waals surface area contributed by atoms with Crippen molar-refractivity contribution in [1.29, 1.82) is 0 Å². The lowest BCUT2D eigenvalue weighted by Crippen LogP contribution is -2.50. The van der Waals surface area contributed by atoms with E-state index in [0.717, 1.165) is 28.3 Å². The molecule has 0 N–H and O–H groups in total. The lowest BCUT2D eigenvalue weighted by atomic mass is 9.99. The van der Waals surface area contributed by atoms with Gasteiger partial charge >= 0.3 is 0 Å². The number of rotatable bonds is 3. The molecule has 5 aromatic carbocycles. The Labute approximate surface area is 218 Å². The zero-order valence-corrected chi connectivity index (χ0v) is 21.9. The van der Waals surface area contributed by atoms with Crippen LogP contribution >= 0.6 is 0 Å². The average molecular weight is 491 g/mol. The zero-order chi connectivity index (χ0) is 25.0. The van der Waals surface area contributed by atoms with Crippen molar-refractivity contribution in [3.63, 3.8) is 0 Å². The first-order valence-corrected chi connectivity index (χ1v) is 15.8. The van der Waals surface area contributed by atoms with Gasteiger partial charge in [0.15, 0.2) is 5.82 Å². The fraction of sp³-hybridized carbons (Fsp3) is 0.0588. The predicted molar refractivity (Wildman–Crippen MR) is 158 cm³/mol. The molecule has 1 aromatic heterocycles. The molecule has 0 amide bonds. The number of hydrogen-bond acceptors (Lipinski definition) is 2. The molecule has 0 fully saturated rings. The highest BCUT2D eigenvalue weighted by atomic mass is 28.3. The van der Waals surface area contributed by atoms with Gasteiger partial charge in [0.2, 0.25) is 0 Å². The van der Waals surface area contributed by atoms with Crippen molar-refractivity contribution in [1.82, 2.24) is 9.97 Å². The van der Waals surface area contributed by atoms with Crippen LogP contribution in [0.2, 0.25) is 13.1 Å². The summed E-state index contributed by atoms with van der Waals surface area (Å²) in [6.07, 6.45) is 0. The van der Waals surface area contributed by atoms with E-state index in [-0.39, 0.29) is 0 Å². The first-order valence-electron chi connectivity index (χ1n) is 12.8. The molecular weight excluding hydrogens is 464 g/mol. The van der Waals surface area contributed by atoms with Gasteiger partial charge in [-0.05, 0) is 38.3 Å². The largest absolute Gasteiger partial charge is 0.228 e. The molecule has 3 heteroatoms. The Morgan fingerprint density at radius 1 is 0.514 bits per heavy atom. The minimum Gasteiger partial charge on any atom is -0.228 e. The molecule has 176 valence electrons. The second-order valence-corrected chi connectivity index (χ2v) is 14.6. The minimum absolute atomic E-state index is 0.782. The molecule has 0 atom stereocenters. The molecule has 0 unspecified atom stereocenters. The topological polar surface area (TPSA) is 25.8 Å². The summed E-state index contributed by atoms with van der Waals surface area (Å²) in [5, 5.41) is 5.32. The molecule has 6 aromatic rings. The second-order valence-electron chi connectivity index (χ2n) is 10.3. The first kappa shape index (κ1) is 21.9. The normalized spacial score (nSPS) is 13.4. The summed E-state index contributed by atoms with van der Waals surface area (Å²) < 4.78 is 0. The van der Waals surface area contributed by atoms with Crippen LogP contribution in [0.5, 0.6) is 0 Å². The van der Waals surface area contributed by atoms with Crippen molar-refractivity contribution < 1.29 is 0 Å². The molecule has 1 aliphatic rings. The van der Waals surface area contributed by atoms with Crippen molar-refractivity contribution >= 4 is 29.2 Å². The SMILES string of the molecule is C[Si]1(C)c2ccc3ccccc3c2-c2nc(-c3ccccc3)nc(-c3cccc(-c4ccccc4)c3)c21. The summed E-state index contributed by atoms with van der Waals surface area (Å²) in [5.41, 5.74) is 8.07. The second kappa shape index (κ2) is 8.36. The summed E-state index contributed by atoms with van der Waals surface area (Å²) >= 11 is 0. The van der Waals surface area contributed by atoms with Crippen LogP contribution in [0.25, 0.3) is 55.8 Å². The van der Waals surface area contributed by atoms with E-state index in [1.54, 1.807) is 0 Å². The molecule has 0 radical (unpaired) electrons. The van der Waals surface area contributed by atoms with Crippen molar-refractivity contribution in [3.8, 4) is 45.0 Å². The molecule has 1 aliphatic heterocycles. The van der Waals surface area contributed by atoms with E-state index in [1.165, 1.54) is 37.8 Å². The van der Waals surface area contributed by atoms with Gasteiger partial charge in [-0.25, -0.2) is 9.97 Å². The van der Waals surface area contributed by atoms with Crippen LogP contribution in [0.4, 0.5) is 0 Å². The van der Waals surface area contributed by atoms with Gasteiger partial charge in [0.05, 0.1) is 11.4 Å². The zero-order valence-electron chi connectivity index (χ0n) is 20.9. The van der Waals surface area contributed by atoms with Gasteiger partial charge in [0.25, 0.3) is 0 Å². The lowest BCUT2D eigenvalue weighted by Gasteiger charge is -2.22. The minimum atomic E-state index is -2.07. The Morgan fingerprint density at radius 3 is 1.92 bits per heavy atom. The third-order valence-corrected chi connectivity index (χ3v) is 11.1. The van der Waals surface area contributed by atoms with E-state index in [2.05, 4.69) is 128 Å². The summed E-state index contributed by atoms with van der Waals surface area (Å²) in [5.74, 6) is 0.782. The van der Waals surface area contributed by atoms with Gasteiger partial charge in [-0.3, -0.25) is 0 Å². The lowest BCUT2D eigenvalue weighted by molar-refractivity contribution is 1.20. The molecule has 37 heavy (non-hydrogen) atoms. The van der Waals surface area contributed by atoms with Crippen LogP contribution in [0.1, 0.15) is 0 Å². The van der Waals surface area contributed by atoms with Crippen LogP contribution in [0, 0.1) is 0 Å². The quantitative estimate of drug-likeness (QED) is 0.241. The fourth-order valence-corrected chi connectivity index (χ4v) is 9.03. The molecule has 0 bridgehead atoms. The number of nitrogens with zero attached hydrogens (tertiary/aromatic N) is 2. The maximum atomic E-state index is 5.30. The number of benzene rings is 5. The molecule has 0 aliphatic carbocycles. The molecule has 2 heterocycles. The van der Waals surface area contributed by atoms with E-state index in [0.29, 0.717) is 0 Å². The summed E-state index contributed by atoms with van der Waals surface area (Å²) in [4.78, 5) is 10.6. The summed E-state index contributed by atoms with van der Waals surface area (Å²) in [6.45, 7) is 4.89. The summed E-state index contributed by atoms with van der Waals surface area (Å²) in [6, 6.07) is 43.1. The van der Waals surface area contributed by atoms with Gasteiger partial charge in [0, 0.05) is 16.7 Å². The number of aromatic nitrogens is 2.